The molecule has 3 N–H and O–H groups in total. The molecule has 6 nitrogen and oxygen atoms in total. The van der Waals surface area contributed by atoms with E-state index in [0.717, 1.165) is 16.3 Å². The molecule has 0 saturated carbocycles. The molecule has 1 amide bonds. The fourth-order valence-electron chi connectivity index (χ4n) is 4.17. The number of carbonyl (C=O) groups excluding carboxylic acids is 3. The molecule has 1 atom stereocenters. The van der Waals surface area contributed by atoms with Crippen molar-refractivity contribution in [3.63, 3.8) is 0 Å². The molecule has 4 aromatic carbocycles. The summed E-state index contributed by atoms with van der Waals surface area (Å²) in [5.74, 6) is -0.756. The van der Waals surface area contributed by atoms with Crippen molar-refractivity contribution in [3.05, 3.63) is 119 Å². The van der Waals surface area contributed by atoms with Gasteiger partial charge in [-0.3, -0.25) is 14.4 Å². The minimum absolute atomic E-state index is 0.221. The van der Waals surface area contributed by atoms with Crippen molar-refractivity contribution < 1.29 is 14.4 Å². The van der Waals surface area contributed by atoms with E-state index in [-0.39, 0.29) is 23.0 Å². The molecular weight excluding hydrogens is 514 g/mol. The molecule has 1 aliphatic carbocycles. The molecule has 4 aromatic rings. The van der Waals surface area contributed by atoms with Gasteiger partial charge in [-0.2, -0.15) is 0 Å². The number of thioether (sulfide) groups is 1. The Balaban J connectivity index is 1.23. The average Bonchev–Trinajstić information content (AvgIpc) is 2.93. The summed E-state index contributed by atoms with van der Waals surface area (Å²) in [4.78, 5) is 40.1. The Morgan fingerprint density at radius 2 is 1.26 bits per heavy atom. The second kappa shape index (κ2) is 11.0. The molecule has 0 spiro atoms. The molecule has 0 aliphatic heterocycles. The zero-order valence-electron chi connectivity index (χ0n) is 20.4. The van der Waals surface area contributed by atoms with E-state index in [1.165, 1.54) is 11.8 Å². The van der Waals surface area contributed by atoms with Gasteiger partial charge in [-0.25, -0.2) is 0 Å². The molecule has 8 heteroatoms. The number of rotatable bonds is 6. The third-order valence-corrected chi connectivity index (χ3v) is 7.35. The van der Waals surface area contributed by atoms with Crippen LogP contribution in [0.2, 0.25) is 0 Å². The molecule has 1 aliphatic rings. The zero-order valence-corrected chi connectivity index (χ0v) is 22.0. The van der Waals surface area contributed by atoms with Crippen LogP contribution in [0.1, 0.15) is 38.8 Å². The lowest BCUT2D eigenvalue weighted by Gasteiger charge is -2.21. The van der Waals surface area contributed by atoms with Crippen LogP contribution in [0.4, 0.5) is 17.1 Å². The van der Waals surface area contributed by atoms with Crippen LogP contribution >= 0.6 is 24.0 Å². The Labute approximate surface area is 229 Å². The van der Waals surface area contributed by atoms with E-state index in [2.05, 4.69) is 16.0 Å². The van der Waals surface area contributed by atoms with Gasteiger partial charge in [0.1, 0.15) is 0 Å². The van der Waals surface area contributed by atoms with E-state index in [1.807, 2.05) is 54.6 Å². The summed E-state index contributed by atoms with van der Waals surface area (Å²) >= 11 is 6.76. The molecule has 0 aromatic heterocycles. The molecule has 0 saturated heterocycles. The highest BCUT2D eigenvalue weighted by Crippen LogP contribution is 2.33. The van der Waals surface area contributed by atoms with Crippen LogP contribution in [0.5, 0.6) is 0 Å². The average molecular weight is 538 g/mol. The van der Waals surface area contributed by atoms with Gasteiger partial charge in [0.2, 0.25) is 5.91 Å². The van der Waals surface area contributed by atoms with Gasteiger partial charge < -0.3 is 16.0 Å². The van der Waals surface area contributed by atoms with Gasteiger partial charge in [-0.05, 0) is 61.6 Å². The molecule has 38 heavy (non-hydrogen) atoms. The third-order valence-electron chi connectivity index (χ3n) is 6.04. The first-order valence-electron chi connectivity index (χ1n) is 11.9. The van der Waals surface area contributed by atoms with Crippen molar-refractivity contribution in [1.82, 2.24) is 0 Å². The summed E-state index contributed by atoms with van der Waals surface area (Å²) in [6, 6.07) is 28.9. The van der Waals surface area contributed by atoms with Crippen LogP contribution in [0.3, 0.4) is 0 Å². The molecule has 0 heterocycles. The Morgan fingerprint density at radius 3 is 1.95 bits per heavy atom. The third kappa shape index (κ3) is 5.37. The molecule has 0 radical (unpaired) electrons. The predicted octanol–water partition coefficient (Wildman–Crippen LogP) is 6.39. The van der Waals surface area contributed by atoms with E-state index < -0.39 is 5.25 Å². The van der Waals surface area contributed by atoms with Crippen LogP contribution in [0.25, 0.3) is 0 Å². The van der Waals surface area contributed by atoms with Gasteiger partial charge in [0, 0.05) is 33.0 Å². The minimum atomic E-state index is -0.452. The maximum atomic E-state index is 13.2. The first kappa shape index (κ1) is 25.4. The Hall–Kier alpha value is -4.27. The second-order valence-corrected chi connectivity index (χ2v) is 10.5. The molecule has 188 valence electrons. The highest BCUT2D eigenvalue weighted by Gasteiger charge is 2.32. The number of benzene rings is 4. The van der Waals surface area contributed by atoms with E-state index >= 15 is 0 Å². The first-order chi connectivity index (χ1) is 18.4. The van der Waals surface area contributed by atoms with Crippen LogP contribution in [0, 0.1) is 0 Å². The Morgan fingerprint density at radius 1 is 0.684 bits per heavy atom. The van der Waals surface area contributed by atoms with E-state index in [9.17, 15) is 14.4 Å². The van der Waals surface area contributed by atoms with Crippen LogP contribution in [-0.4, -0.2) is 27.8 Å². The normalized spacial score (nSPS) is 12.7. The summed E-state index contributed by atoms with van der Waals surface area (Å²) < 4.78 is 0. The van der Waals surface area contributed by atoms with E-state index in [1.54, 1.807) is 49.4 Å². The van der Waals surface area contributed by atoms with Gasteiger partial charge in [0.25, 0.3) is 0 Å². The summed E-state index contributed by atoms with van der Waals surface area (Å²) in [5, 5.41) is 9.16. The maximum absolute atomic E-state index is 13.2. The second-order valence-electron chi connectivity index (χ2n) is 8.65. The monoisotopic (exact) mass is 537 g/mol. The zero-order chi connectivity index (χ0) is 26.6. The van der Waals surface area contributed by atoms with Crippen molar-refractivity contribution in [2.24, 2.45) is 0 Å². The molecule has 1 unspecified atom stereocenters. The van der Waals surface area contributed by atoms with Gasteiger partial charge in [0.15, 0.2) is 16.7 Å². The standard InChI is InChI=1S/C30H23N3O3S2/c1-18(38-21-16-14-20(15-17-21)32-30(37)31-19-8-3-2-4-9-19)29(36)33-25-13-7-12-24-26(25)28(35)23-11-6-5-10-22(23)27(24)34/h2-18H,1H3,(H,33,36)(H2,31,32,37). The number of para-hydroxylation sites is 1. The van der Waals surface area contributed by atoms with Crippen LogP contribution in [-0.2, 0) is 4.79 Å². The number of amides is 1. The van der Waals surface area contributed by atoms with E-state index in [4.69, 9.17) is 12.2 Å². The quantitative estimate of drug-likeness (QED) is 0.171. The maximum Gasteiger partial charge on any atom is 0.237 e. The van der Waals surface area contributed by atoms with Crippen molar-refractivity contribution in [2.45, 2.75) is 17.1 Å². The van der Waals surface area contributed by atoms with Crippen molar-refractivity contribution in [3.8, 4) is 0 Å². The summed E-state index contributed by atoms with van der Waals surface area (Å²) in [5.41, 5.74) is 3.32. The lowest BCUT2D eigenvalue weighted by Crippen LogP contribution is -2.27. The summed E-state index contributed by atoms with van der Waals surface area (Å²) in [6.45, 7) is 1.79. The van der Waals surface area contributed by atoms with Gasteiger partial charge in [-0.15, -0.1) is 11.8 Å². The number of hydrogen-bond acceptors (Lipinski definition) is 5. The first-order valence-corrected chi connectivity index (χ1v) is 13.2. The van der Waals surface area contributed by atoms with Gasteiger partial charge in [0.05, 0.1) is 16.5 Å². The number of nitrogens with one attached hydrogen (secondary N) is 3. The number of hydrogen-bond donors (Lipinski definition) is 3. The fraction of sp³-hybridized carbons (Fsp3) is 0.0667. The highest BCUT2D eigenvalue weighted by atomic mass is 32.2. The number of fused-ring (bicyclic) bond motifs is 2. The van der Waals surface area contributed by atoms with Gasteiger partial charge >= 0.3 is 0 Å². The molecule has 0 fully saturated rings. The molecular formula is C30H23N3O3S2. The number of thiocarbonyl (C=S) groups is 1. The lowest BCUT2D eigenvalue weighted by atomic mass is 9.83. The smallest absolute Gasteiger partial charge is 0.237 e. The lowest BCUT2D eigenvalue weighted by molar-refractivity contribution is -0.115. The van der Waals surface area contributed by atoms with Crippen LogP contribution in [0.15, 0.2) is 102 Å². The summed E-state index contributed by atoms with van der Waals surface area (Å²) in [7, 11) is 0. The van der Waals surface area contributed by atoms with Gasteiger partial charge in [-0.1, -0.05) is 54.6 Å². The van der Waals surface area contributed by atoms with Crippen molar-refractivity contribution in [1.29, 1.82) is 0 Å². The van der Waals surface area contributed by atoms with Crippen molar-refractivity contribution >= 4 is 63.6 Å². The van der Waals surface area contributed by atoms with E-state index in [0.29, 0.717) is 27.5 Å². The minimum Gasteiger partial charge on any atom is -0.332 e. The topological polar surface area (TPSA) is 87.3 Å². The Bertz CT molecular complexity index is 1550. The Kier molecular flexibility index (Phi) is 7.35. The molecule has 5 rings (SSSR count). The van der Waals surface area contributed by atoms with Crippen molar-refractivity contribution in [2.75, 3.05) is 16.0 Å². The largest absolute Gasteiger partial charge is 0.332 e. The predicted molar refractivity (Wildman–Crippen MR) is 156 cm³/mol. The van der Waals surface area contributed by atoms with Crippen LogP contribution < -0.4 is 16.0 Å². The fourth-order valence-corrected chi connectivity index (χ4v) is 5.28. The number of ketones is 2. The highest BCUT2D eigenvalue weighted by molar-refractivity contribution is 8.00. The molecule has 0 bridgehead atoms. The summed E-state index contributed by atoms with van der Waals surface area (Å²) in [6.07, 6.45) is 0. The number of anilines is 3. The number of carbonyl (C=O) groups is 3. The SMILES string of the molecule is CC(Sc1ccc(NC(=S)Nc2ccccc2)cc1)C(=O)Nc1cccc2c1C(=O)c1ccccc1C2=O.